The number of halogens is 1. The number of amides is 1. The maximum Gasteiger partial charge on any atom is 0.407 e. The first kappa shape index (κ1) is 15.1. The molecule has 0 unspecified atom stereocenters. The third-order valence-corrected chi connectivity index (χ3v) is 4.19. The molecule has 0 saturated carbocycles. The first-order chi connectivity index (χ1) is 9.26. The van der Waals surface area contributed by atoms with Crippen molar-refractivity contribution in [2.75, 3.05) is 26.2 Å². The maximum atomic E-state index is 11.2. The normalized spacial score (nSPS) is 21.1. The van der Waals surface area contributed by atoms with Crippen LogP contribution in [0.15, 0.2) is 30.3 Å². The molecule has 1 aromatic carbocycles. The van der Waals surface area contributed by atoms with E-state index >= 15 is 0 Å². The Morgan fingerprint density at radius 2 is 1.90 bits per heavy atom. The second-order valence-corrected chi connectivity index (χ2v) is 5.50. The van der Waals surface area contributed by atoms with E-state index in [1.165, 1.54) is 5.56 Å². The van der Waals surface area contributed by atoms with Crippen LogP contribution in [0.25, 0.3) is 0 Å². The van der Waals surface area contributed by atoms with Crippen molar-refractivity contribution < 1.29 is 21.9 Å². The van der Waals surface area contributed by atoms with Crippen LogP contribution < -0.4 is 17.7 Å². The number of nitrogens with one attached hydrogen (secondary N) is 1. The minimum Gasteiger partial charge on any atom is -1.00 e. The lowest BCUT2D eigenvalue weighted by Gasteiger charge is -2.37. The van der Waals surface area contributed by atoms with Gasteiger partial charge in [0.2, 0.25) is 0 Å². The fourth-order valence-electron chi connectivity index (χ4n) is 2.90. The molecule has 0 radical (unpaired) electrons. The van der Waals surface area contributed by atoms with Crippen LogP contribution in [0.2, 0.25) is 0 Å². The molecule has 20 heavy (non-hydrogen) atoms. The summed E-state index contributed by atoms with van der Waals surface area (Å²) in [5.74, 6) is 0. The molecule has 2 aliphatic rings. The Balaban J connectivity index is 0.00000147. The van der Waals surface area contributed by atoms with Gasteiger partial charge in [0.15, 0.2) is 0 Å². The zero-order chi connectivity index (χ0) is 13.1. The van der Waals surface area contributed by atoms with Gasteiger partial charge >= 0.3 is 6.09 Å². The van der Waals surface area contributed by atoms with Gasteiger partial charge in [0, 0.05) is 32.5 Å². The van der Waals surface area contributed by atoms with Gasteiger partial charge in [0.25, 0.3) is 0 Å². The molecule has 0 aromatic heterocycles. The zero-order valence-corrected chi connectivity index (χ0v) is 12.2. The van der Waals surface area contributed by atoms with E-state index in [2.05, 4.69) is 40.5 Å². The van der Waals surface area contributed by atoms with Crippen LogP contribution in [-0.2, 0) is 11.2 Å². The summed E-state index contributed by atoms with van der Waals surface area (Å²) < 4.78 is 5.42. The number of hydrogen-bond acceptors (Lipinski definition) is 3. The molecule has 110 valence electrons. The van der Waals surface area contributed by atoms with E-state index in [1.54, 1.807) is 0 Å². The predicted octanol–water partition coefficient (Wildman–Crippen LogP) is -1.19. The number of ether oxygens (including phenoxy) is 1. The van der Waals surface area contributed by atoms with E-state index in [-0.39, 0.29) is 24.1 Å². The molecule has 5 heteroatoms. The second kappa shape index (κ2) is 6.46. The van der Waals surface area contributed by atoms with Crippen LogP contribution in [0.3, 0.4) is 0 Å². The minimum atomic E-state index is -0.252. The zero-order valence-electron chi connectivity index (χ0n) is 11.5. The van der Waals surface area contributed by atoms with Crippen LogP contribution in [0.1, 0.15) is 18.4 Å². The van der Waals surface area contributed by atoms with Crippen molar-refractivity contribution in [3.05, 3.63) is 35.9 Å². The van der Waals surface area contributed by atoms with Crippen molar-refractivity contribution in [3.8, 4) is 0 Å². The van der Waals surface area contributed by atoms with Gasteiger partial charge in [-0.1, -0.05) is 30.3 Å². The summed E-state index contributed by atoms with van der Waals surface area (Å²) >= 11 is 0. The van der Waals surface area contributed by atoms with Gasteiger partial charge < -0.3 is 27.4 Å². The standard InChI is InChI=1S/C15H20N2O2.ClH/c18-14-16-12-15(19-14)7-10-17(11-8-15)9-6-13-4-2-1-3-5-13;/h1-5H,6-12H2,(H,16,18);1H/p-1. The number of benzene rings is 1. The van der Waals surface area contributed by atoms with Gasteiger partial charge in [-0.25, -0.2) is 4.79 Å². The van der Waals surface area contributed by atoms with E-state index in [0.717, 1.165) is 38.9 Å². The molecule has 4 nitrogen and oxygen atoms in total. The van der Waals surface area contributed by atoms with Crippen molar-refractivity contribution in [1.82, 2.24) is 10.2 Å². The first-order valence-corrected chi connectivity index (χ1v) is 6.99. The number of rotatable bonds is 3. The lowest BCUT2D eigenvalue weighted by atomic mass is 9.91. The highest BCUT2D eigenvalue weighted by Crippen LogP contribution is 2.29. The summed E-state index contributed by atoms with van der Waals surface area (Å²) in [5.41, 5.74) is 1.16. The van der Waals surface area contributed by atoms with Crippen molar-refractivity contribution >= 4 is 6.09 Å². The van der Waals surface area contributed by atoms with Crippen molar-refractivity contribution in [3.63, 3.8) is 0 Å². The second-order valence-electron chi connectivity index (χ2n) is 5.50. The van der Waals surface area contributed by atoms with E-state index in [0.29, 0.717) is 6.54 Å². The van der Waals surface area contributed by atoms with Crippen LogP contribution >= 0.6 is 0 Å². The monoisotopic (exact) mass is 295 g/mol. The molecular formula is C15H20ClN2O2-. The smallest absolute Gasteiger partial charge is 0.407 e. The van der Waals surface area contributed by atoms with Crippen LogP contribution in [0.5, 0.6) is 0 Å². The summed E-state index contributed by atoms with van der Waals surface area (Å²) in [7, 11) is 0. The van der Waals surface area contributed by atoms with Crippen LogP contribution in [0, 0.1) is 0 Å². The fourth-order valence-corrected chi connectivity index (χ4v) is 2.90. The lowest BCUT2D eigenvalue weighted by Crippen LogP contribution is -3.00. The molecule has 2 saturated heterocycles. The van der Waals surface area contributed by atoms with Gasteiger partial charge in [-0.15, -0.1) is 0 Å². The molecule has 2 fully saturated rings. The van der Waals surface area contributed by atoms with Crippen molar-refractivity contribution in [2.45, 2.75) is 24.9 Å². The molecule has 0 aliphatic carbocycles. The number of piperidine rings is 1. The third-order valence-electron chi connectivity index (χ3n) is 4.19. The van der Waals surface area contributed by atoms with Gasteiger partial charge in [0.1, 0.15) is 5.60 Å². The highest BCUT2D eigenvalue weighted by molar-refractivity contribution is 5.70. The summed E-state index contributed by atoms with van der Waals surface area (Å²) in [6, 6.07) is 10.6. The Morgan fingerprint density at radius 1 is 1.20 bits per heavy atom. The summed E-state index contributed by atoms with van der Waals surface area (Å²) in [6.45, 7) is 3.80. The molecule has 2 heterocycles. The number of nitrogens with zero attached hydrogens (tertiary/aromatic N) is 1. The molecule has 1 N–H and O–H groups in total. The van der Waals surface area contributed by atoms with E-state index in [9.17, 15) is 4.79 Å². The fraction of sp³-hybridized carbons (Fsp3) is 0.533. The Bertz CT molecular complexity index is 444. The molecule has 3 rings (SSSR count). The topological polar surface area (TPSA) is 41.6 Å². The Hall–Kier alpha value is -1.26. The molecule has 2 aliphatic heterocycles. The van der Waals surface area contributed by atoms with Gasteiger partial charge in [-0.2, -0.15) is 0 Å². The summed E-state index contributed by atoms with van der Waals surface area (Å²) in [6.07, 6.45) is 2.73. The van der Waals surface area contributed by atoms with Gasteiger partial charge in [-0.3, -0.25) is 0 Å². The maximum absolute atomic E-state index is 11.2. The van der Waals surface area contributed by atoms with Crippen LogP contribution in [0.4, 0.5) is 4.79 Å². The van der Waals surface area contributed by atoms with E-state index in [4.69, 9.17) is 4.74 Å². The molecule has 1 spiro atoms. The Morgan fingerprint density at radius 3 is 2.50 bits per heavy atom. The highest BCUT2D eigenvalue weighted by Gasteiger charge is 2.42. The Labute approximate surface area is 125 Å². The van der Waals surface area contributed by atoms with Crippen molar-refractivity contribution in [1.29, 1.82) is 0 Å². The molecule has 1 aromatic rings. The van der Waals surface area contributed by atoms with E-state index in [1.807, 2.05) is 0 Å². The largest absolute Gasteiger partial charge is 1.00 e. The summed E-state index contributed by atoms with van der Waals surface area (Å²) in [5, 5.41) is 2.77. The third kappa shape index (κ3) is 3.44. The number of carbonyl (C=O) groups excluding carboxylic acids is 1. The van der Waals surface area contributed by atoms with Crippen LogP contribution in [-0.4, -0.2) is 42.8 Å². The number of likely N-dealkylation sites (tertiary alicyclic amines) is 1. The molecular weight excluding hydrogens is 276 g/mol. The summed E-state index contributed by atoms with van der Waals surface area (Å²) in [4.78, 5) is 13.6. The predicted molar refractivity (Wildman–Crippen MR) is 73.0 cm³/mol. The highest BCUT2D eigenvalue weighted by atomic mass is 35.5. The van der Waals surface area contributed by atoms with Gasteiger partial charge in [-0.05, 0) is 12.0 Å². The van der Waals surface area contributed by atoms with Gasteiger partial charge in [0.05, 0.1) is 6.54 Å². The average molecular weight is 296 g/mol. The van der Waals surface area contributed by atoms with E-state index < -0.39 is 0 Å². The number of hydrogen-bond donors (Lipinski definition) is 1. The lowest BCUT2D eigenvalue weighted by molar-refractivity contribution is -0.000342. The number of carbonyl (C=O) groups is 1. The quantitative estimate of drug-likeness (QED) is 0.762. The minimum absolute atomic E-state index is 0. The molecule has 0 bridgehead atoms. The number of alkyl carbamates (subject to hydrolysis) is 1. The average Bonchev–Trinajstić information content (AvgIpc) is 2.81. The van der Waals surface area contributed by atoms with Crippen molar-refractivity contribution in [2.24, 2.45) is 0 Å². The Kier molecular flexibility index (Phi) is 4.89. The first-order valence-electron chi connectivity index (χ1n) is 6.99. The molecule has 1 amide bonds. The molecule has 0 atom stereocenters. The SMILES string of the molecule is O=C1NCC2(CCN(CCc3ccccc3)CC2)O1.[Cl-].